The number of carbonyl (C=O) groups is 1. The van der Waals surface area contributed by atoms with Crippen LogP contribution in [0.15, 0.2) is 24.3 Å². The quantitative estimate of drug-likeness (QED) is 0.898. The number of rotatable bonds is 4. The van der Waals surface area contributed by atoms with Gasteiger partial charge in [-0.15, -0.1) is 0 Å². The molecule has 1 aromatic carbocycles. The lowest BCUT2D eigenvalue weighted by molar-refractivity contribution is -0.128. The third-order valence-corrected chi connectivity index (χ3v) is 5.86. The highest BCUT2D eigenvalue weighted by atomic mass is 32.2. The van der Waals surface area contributed by atoms with Crippen molar-refractivity contribution in [3.63, 3.8) is 0 Å². The van der Waals surface area contributed by atoms with Crippen LogP contribution in [-0.2, 0) is 14.8 Å². The second kappa shape index (κ2) is 7.01. The molecule has 1 heterocycles. The second-order valence-electron chi connectivity index (χ2n) is 6.62. The third-order valence-electron chi connectivity index (χ3n) is 4.72. The zero-order valence-corrected chi connectivity index (χ0v) is 14.7. The van der Waals surface area contributed by atoms with Crippen molar-refractivity contribution in [2.75, 3.05) is 23.7 Å². The van der Waals surface area contributed by atoms with Crippen LogP contribution < -0.4 is 14.4 Å². The number of anilines is 1. The molecule has 7 heteroatoms. The summed E-state index contributed by atoms with van der Waals surface area (Å²) in [5.74, 6) is 0.695. The van der Waals surface area contributed by atoms with Gasteiger partial charge in [-0.1, -0.05) is 31.4 Å². The van der Waals surface area contributed by atoms with Gasteiger partial charge in [0.25, 0.3) is 5.91 Å². The van der Waals surface area contributed by atoms with Gasteiger partial charge in [0.15, 0.2) is 6.10 Å². The minimum Gasteiger partial charge on any atom is -0.476 e. The Morgan fingerprint density at radius 3 is 2.67 bits per heavy atom. The van der Waals surface area contributed by atoms with E-state index in [1.165, 1.54) is 23.6 Å². The lowest BCUT2D eigenvalue weighted by Gasteiger charge is -2.34. The molecule has 132 valence electrons. The van der Waals surface area contributed by atoms with Crippen LogP contribution in [0.1, 0.15) is 32.1 Å². The summed E-state index contributed by atoms with van der Waals surface area (Å²) in [6, 6.07) is 6.89. The third kappa shape index (κ3) is 3.83. The number of fused-ring (bicyclic) bond motifs is 1. The molecule has 0 spiro atoms. The maximum atomic E-state index is 12.5. The first-order valence-corrected chi connectivity index (χ1v) is 10.3. The second-order valence-corrected chi connectivity index (χ2v) is 8.52. The highest BCUT2D eigenvalue weighted by Gasteiger charge is 2.34. The highest BCUT2D eigenvalue weighted by Crippen LogP contribution is 2.34. The minimum atomic E-state index is -3.47. The number of amides is 1. The van der Waals surface area contributed by atoms with Gasteiger partial charge in [-0.05, 0) is 30.9 Å². The van der Waals surface area contributed by atoms with E-state index in [2.05, 4.69) is 5.32 Å². The summed E-state index contributed by atoms with van der Waals surface area (Å²) in [5, 5.41) is 2.94. The Bertz CT molecular complexity index is 698. The van der Waals surface area contributed by atoms with Crippen LogP contribution in [0.4, 0.5) is 5.69 Å². The summed E-state index contributed by atoms with van der Waals surface area (Å²) in [5.41, 5.74) is 0.483. The average Bonchev–Trinajstić information content (AvgIpc) is 2.58. The normalized spacial score (nSPS) is 21.7. The maximum absolute atomic E-state index is 12.5. The molecule has 1 atom stereocenters. The zero-order chi connectivity index (χ0) is 17.2. The summed E-state index contributed by atoms with van der Waals surface area (Å²) >= 11 is 0. The molecule has 0 aromatic heterocycles. The average molecular weight is 352 g/mol. The number of nitrogens with one attached hydrogen (secondary N) is 1. The smallest absolute Gasteiger partial charge is 0.263 e. The van der Waals surface area contributed by atoms with Gasteiger partial charge in [-0.3, -0.25) is 9.10 Å². The number of sulfonamides is 1. The molecule has 2 aliphatic rings. The first kappa shape index (κ1) is 17.1. The van der Waals surface area contributed by atoms with E-state index in [1.807, 2.05) is 0 Å². The van der Waals surface area contributed by atoms with Gasteiger partial charge in [-0.25, -0.2) is 8.42 Å². The maximum Gasteiger partial charge on any atom is 0.263 e. The molecule has 3 rings (SSSR count). The van der Waals surface area contributed by atoms with E-state index in [0.717, 1.165) is 19.1 Å². The van der Waals surface area contributed by atoms with E-state index >= 15 is 0 Å². The lowest BCUT2D eigenvalue weighted by Crippen LogP contribution is -2.51. The van der Waals surface area contributed by atoms with Gasteiger partial charge in [0.1, 0.15) is 5.75 Å². The van der Waals surface area contributed by atoms with Gasteiger partial charge in [0.05, 0.1) is 18.5 Å². The van der Waals surface area contributed by atoms with Crippen LogP contribution in [0, 0.1) is 5.92 Å². The molecule has 0 radical (unpaired) electrons. The van der Waals surface area contributed by atoms with Crippen molar-refractivity contribution < 1.29 is 17.9 Å². The number of carbonyl (C=O) groups excluding carboxylic acids is 1. The van der Waals surface area contributed by atoms with Crippen LogP contribution in [0.5, 0.6) is 5.75 Å². The van der Waals surface area contributed by atoms with Crippen LogP contribution in [0.2, 0.25) is 0 Å². The molecular formula is C17H24N2O4S. The highest BCUT2D eigenvalue weighted by molar-refractivity contribution is 7.92. The molecule has 1 fully saturated rings. The number of hydrogen-bond donors (Lipinski definition) is 1. The number of nitrogens with zero attached hydrogens (tertiary/aromatic N) is 1. The zero-order valence-electron chi connectivity index (χ0n) is 13.9. The van der Waals surface area contributed by atoms with Gasteiger partial charge < -0.3 is 10.1 Å². The van der Waals surface area contributed by atoms with Crippen LogP contribution in [0.3, 0.4) is 0 Å². The molecule has 1 N–H and O–H groups in total. The minimum absolute atomic E-state index is 0.00630. The molecule has 1 aliphatic carbocycles. The van der Waals surface area contributed by atoms with E-state index in [0.29, 0.717) is 23.9 Å². The van der Waals surface area contributed by atoms with Crippen LogP contribution in [-0.4, -0.2) is 39.8 Å². The molecule has 0 unspecified atom stereocenters. The van der Waals surface area contributed by atoms with Crippen molar-refractivity contribution in [1.82, 2.24) is 5.32 Å². The number of para-hydroxylation sites is 2. The SMILES string of the molecule is CS(=O)(=O)N1C[C@H](C(=O)NCC2CCCCC2)Oc2ccccc21. The Balaban J connectivity index is 1.69. The first-order valence-electron chi connectivity index (χ1n) is 8.46. The Labute approximate surface area is 143 Å². The fourth-order valence-electron chi connectivity index (χ4n) is 3.40. The van der Waals surface area contributed by atoms with Crippen molar-refractivity contribution in [2.45, 2.75) is 38.2 Å². The molecule has 1 aromatic rings. The van der Waals surface area contributed by atoms with Gasteiger partial charge in [0, 0.05) is 6.54 Å². The summed E-state index contributed by atoms with van der Waals surface area (Å²) < 4.78 is 31.1. The lowest BCUT2D eigenvalue weighted by atomic mass is 9.89. The van der Waals surface area contributed by atoms with Gasteiger partial charge in [-0.2, -0.15) is 0 Å². The first-order chi connectivity index (χ1) is 11.4. The van der Waals surface area contributed by atoms with Crippen molar-refractivity contribution in [3.05, 3.63) is 24.3 Å². The number of benzene rings is 1. The van der Waals surface area contributed by atoms with Gasteiger partial charge in [0.2, 0.25) is 10.0 Å². The van der Waals surface area contributed by atoms with Crippen LogP contribution in [0.25, 0.3) is 0 Å². The summed E-state index contributed by atoms with van der Waals surface area (Å²) in [6.07, 6.45) is 6.32. The molecule has 1 saturated carbocycles. The van der Waals surface area contributed by atoms with Crippen molar-refractivity contribution in [2.24, 2.45) is 5.92 Å². The number of hydrogen-bond acceptors (Lipinski definition) is 4. The summed E-state index contributed by atoms with van der Waals surface area (Å²) in [7, 11) is -3.47. The summed E-state index contributed by atoms with van der Waals surface area (Å²) in [4.78, 5) is 12.5. The largest absolute Gasteiger partial charge is 0.476 e. The van der Waals surface area contributed by atoms with Crippen molar-refractivity contribution in [1.29, 1.82) is 0 Å². The van der Waals surface area contributed by atoms with E-state index in [1.54, 1.807) is 24.3 Å². The predicted molar refractivity (Wildman–Crippen MR) is 92.6 cm³/mol. The van der Waals surface area contributed by atoms with Crippen molar-refractivity contribution >= 4 is 21.6 Å². The standard InChI is InChI=1S/C17H24N2O4S/c1-24(21,22)19-12-16(23-15-10-6-5-9-14(15)19)17(20)18-11-13-7-3-2-4-8-13/h5-6,9-10,13,16H,2-4,7-8,11-12H2,1H3,(H,18,20)/t16-/m1/s1. The Kier molecular flexibility index (Phi) is 4.99. The fourth-order valence-corrected chi connectivity index (χ4v) is 4.32. The monoisotopic (exact) mass is 352 g/mol. The molecule has 0 saturated heterocycles. The van der Waals surface area contributed by atoms with Crippen LogP contribution >= 0.6 is 0 Å². The Morgan fingerprint density at radius 2 is 1.96 bits per heavy atom. The summed E-state index contributed by atoms with van der Waals surface area (Å²) in [6.45, 7) is 0.644. The van der Waals surface area contributed by atoms with E-state index in [9.17, 15) is 13.2 Å². The van der Waals surface area contributed by atoms with Gasteiger partial charge >= 0.3 is 0 Å². The fraction of sp³-hybridized carbons (Fsp3) is 0.588. The molecule has 1 amide bonds. The predicted octanol–water partition coefficient (Wildman–Crippen LogP) is 1.91. The van der Waals surface area contributed by atoms with E-state index in [4.69, 9.17) is 4.74 Å². The van der Waals surface area contributed by atoms with E-state index in [-0.39, 0.29) is 12.5 Å². The molecule has 24 heavy (non-hydrogen) atoms. The number of ether oxygens (including phenoxy) is 1. The topological polar surface area (TPSA) is 75.7 Å². The molecular weight excluding hydrogens is 328 g/mol. The molecule has 1 aliphatic heterocycles. The molecule has 0 bridgehead atoms. The Morgan fingerprint density at radius 1 is 1.25 bits per heavy atom. The molecule has 6 nitrogen and oxygen atoms in total. The Hall–Kier alpha value is -1.76. The van der Waals surface area contributed by atoms with Crippen molar-refractivity contribution in [3.8, 4) is 5.75 Å². The van der Waals surface area contributed by atoms with E-state index < -0.39 is 16.1 Å².